The predicted molar refractivity (Wildman–Crippen MR) is 90.8 cm³/mol. The van der Waals surface area contributed by atoms with E-state index < -0.39 is 10.0 Å². The van der Waals surface area contributed by atoms with E-state index in [0.29, 0.717) is 11.6 Å². The van der Waals surface area contributed by atoms with Gasteiger partial charge in [-0.2, -0.15) is 0 Å². The van der Waals surface area contributed by atoms with Crippen molar-refractivity contribution in [2.45, 2.75) is 25.7 Å². The van der Waals surface area contributed by atoms with E-state index >= 15 is 0 Å². The van der Waals surface area contributed by atoms with Gasteiger partial charge in [0.05, 0.1) is 5.75 Å². The Morgan fingerprint density at radius 1 is 1.32 bits per heavy atom. The topological polar surface area (TPSA) is 63.1 Å². The second-order valence-electron chi connectivity index (χ2n) is 5.96. The van der Waals surface area contributed by atoms with Crippen molar-refractivity contribution in [1.82, 2.24) is 9.88 Å². The van der Waals surface area contributed by atoms with E-state index in [1.807, 2.05) is 25.2 Å². The number of hydrogen-bond donors (Lipinski definition) is 2. The van der Waals surface area contributed by atoms with E-state index in [9.17, 15) is 8.42 Å². The van der Waals surface area contributed by atoms with Crippen LogP contribution in [0.1, 0.15) is 31.2 Å². The zero-order valence-corrected chi connectivity index (χ0v) is 13.9. The molecule has 0 atom stereocenters. The Kier molecular flexibility index (Phi) is 4.14. The van der Waals surface area contributed by atoms with E-state index in [2.05, 4.69) is 20.8 Å². The van der Waals surface area contributed by atoms with Crippen LogP contribution in [0.4, 0.5) is 5.69 Å². The molecular weight excluding hydrogens is 298 g/mol. The predicted octanol–water partition coefficient (Wildman–Crippen LogP) is 2.41. The van der Waals surface area contributed by atoms with Gasteiger partial charge in [-0.1, -0.05) is 0 Å². The zero-order chi connectivity index (χ0) is 15.7. The van der Waals surface area contributed by atoms with Crippen LogP contribution < -0.4 is 10.0 Å². The fourth-order valence-corrected chi connectivity index (χ4v) is 3.83. The van der Waals surface area contributed by atoms with Crippen LogP contribution >= 0.6 is 0 Å². The number of anilines is 1. The van der Waals surface area contributed by atoms with Crippen molar-refractivity contribution in [3.8, 4) is 0 Å². The van der Waals surface area contributed by atoms with Crippen LogP contribution in [0.15, 0.2) is 24.4 Å². The summed E-state index contributed by atoms with van der Waals surface area (Å²) in [6, 6.07) is 5.80. The number of rotatable bonds is 4. The van der Waals surface area contributed by atoms with Crippen LogP contribution in [0.3, 0.4) is 0 Å². The molecule has 0 bridgehead atoms. The first-order valence-electron chi connectivity index (χ1n) is 7.80. The van der Waals surface area contributed by atoms with Gasteiger partial charge in [-0.25, -0.2) is 8.42 Å². The molecule has 0 amide bonds. The van der Waals surface area contributed by atoms with Gasteiger partial charge >= 0.3 is 0 Å². The van der Waals surface area contributed by atoms with Crippen molar-refractivity contribution in [3.05, 3.63) is 30.0 Å². The smallest absolute Gasteiger partial charge is 0.232 e. The summed E-state index contributed by atoms with van der Waals surface area (Å²) in [6.07, 6.45) is 4.45. The fourth-order valence-electron chi connectivity index (χ4n) is 3.20. The largest absolute Gasteiger partial charge is 0.350 e. The highest BCUT2D eigenvalue weighted by Gasteiger charge is 2.20. The molecule has 0 radical (unpaired) electrons. The third-order valence-corrected chi connectivity index (χ3v) is 5.76. The molecule has 3 rings (SSSR count). The minimum atomic E-state index is -3.24. The lowest BCUT2D eigenvalue weighted by Gasteiger charge is -2.22. The molecule has 0 saturated carbocycles. The monoisotopic (exact) mass is 321 g/mol. The van der Waals surface area contributed by atoms with E-state index in [0.717, 1.165) is 36.8 Å². The molecule has 6 heteroatoms. The summed E-state index contributed by atoms with van der Waals surface area (Å²) in [4.78, 5) is 0. The molecule has 1 aromatic heterocycles. The Bertz CT molecular complexity index is 774. The molecule has 22 heavy (non-hydrogen) atoms. The summed E-state index contributed by atoms with van der Waals surface area (Å²) in [5, 5.41) is 4.55. The van der Waals surface area contributed by atoms with Gasteiger partial charge in [-0.05, 0) is 62.5 Å². The summed E-state index contributed by atoms with van der Waals surface area (Å²) < 4.78 is 28.3. The first-order valence-corrected chi connectivity index (χ1v) is 9.45. The summed E-state index contributed by atoms with van der Waals surface area (Å²) in [6.45, 7) is 3.73. The number of benzene rings is 1. The van der Waals surface area contributed by atoms with Crippen molar-refractivity contribution >= 4 is 26.6 Å². The van der Waals surface area contributed by atoms with E-state index in [1.165, 1.54) is 5.56 Å². The molecular formula is C16H23N3O2S. The number of piperidine rings is 1. The molecule has 0 unspecified atom stereocenters. The minimum absolute atomic E-state index is 0.0843. The lowest BCUT2D eigenvalue weighted by Crippen LogP contribution is -2.26. The van der Waals surface area contributed by atoms with Crippen molar-refractivity contribution in [2.24, 2.45) is 7.05 Å². The Balaban J connectivity index is 2.02. The summed E-state index contributed by atoms with van der Waals surface area (Å²) in [5.41, 5.74) is 3.13. The van der Waals surface area contributed by atoms with Gasteiger partial charge in [-0.15, -0.1) is 0 Å². The van der Waals surface area contributed by atoms with Gasteiger partial charge in [-0.3, -0.25) is 4.72 Å². The molecule has 0 spiro atoms. The average molecular weight is 321 g/mol. The van der Waals surface area contributed by atoms with Crippen molar-refractivity contribution in [1.29, 1.82) is 0 Å². The van der Waals surface area contributed by atoms with Crippen molar-refractivity contribution in [2.75, 3.05) is 23.6 Å². The van der Waals surface area contributed by atoms with Gasteiger partial charge in [0, 0.05) is 29.8 Å². The van der Waals surface area contributed by atoms with Crippen LogP contribution in [-0.2, 0) is 17.1 Å². The molecule has 2 heterocycles. The number of nitrogens with zero attached hydrogens (tertiary/aromatic N) is 1. The number of hydrogen-bond acceptors (Lipinski definition) is 3. The molecule has 1 aliphatic heterocycles. The molecule has 1 aliphatic rings. The van der Waals surface area contributed by atoms with Gasteiger partial charge in [0.1, 0.15) is 0 Å². The molecule has 1 fully saturated rings. The SMILES string of the molecule is CCS(=O)(=O)Nc1ccc2c(c1)c(C1CCNCC1)cn2C. The highest BCUT2D eigenvalue weighted by molar-refractivity contribution is 7.92. The van der Waals surface area contributed by atoms with Gasteiger partial charge < -0.3 is 9.88 Å². The molecule has 0 aliphatic carbocycles. The number of sulfonamides is 1. The third-order valence-electron chi connectivity index (χ3n) is 4.45. The molecule has 5 nitrogen and oxygen atoms in total. The second-order valence-corrected chi connectivity index (χ2v) is 7.97. The lowest BCUT2D eigenvalue weighted by atomic mass is 9.90. The van der Waals surface area contributed by atoms with Crippen molar-refractivity contribution in [3.63, 3.8) is 0 Å². The Morgan fingerprint density at radius 2 is 2.05 bits per heavy atom. The number of aromatic nitrogens is 1. The maximum atomic E-state index is 11.8. The van der Waals surface area contributed by atoms with Gasteiger partial charge in [0.15, 0.2) is 0 Å². The van der Waals surface area contributed by atoms with Crippen molar-refractivity contribution < 1.29 is 8.42 Å². The van der Waals surface area contributed by atoms with Gasteiger partial charge in [0.25, 0.3) is 0 Å². The van der Waals surface area contributed by atoms with Gasteiger partial charge in [0.2, 0.25) is 10.0 Å². The molecule has 1 saturated heterocycles. The van der Waals surface area contributed by atoms with E-state index in [4.69, 9.17) is 0 Å². The van der Waals surface area contributed by atoms with Crippen LogP contribution in [-0.4, -0.2) is 31.8 Å². The first kappa shape index (κ1) is 15.4. The molecule has 2 N–H and O–H groups in total. The van der Waals surface area contributed by atoms with Crippen LogP contribution in [0.25, 0.3) is 10.9 Å². The van der Waals surface area contributed by atoms with E-state index in [1.54, 1.807) is 6.92 Å². The summed E-state index contributed by atoms with van der Waals surface area (Å²) >= 11 is 0. The molecule has 120 valence electrons. The average Bonchev–Trinajstić information content (AvgIpc) is 2.84. The first-order chi connectivity index (χ1) is 10.5. The Morgan fingerprint density at radius 3 is 2.73 bits per heavy atom. The number of nitrogens with one attached hydrogen (secondary N) is 2. The fraction of sp³-hybridized carbons (Fsp3) is 0.500. The molecule has 1 aromatic carbocycles. The van der Waals surface area contributed by atoms with E-state index in [-0.39, 0.29) is 5.75 Å². The number of aryl methyl sites for hydroxylation is 1. The standard InChI is InChI=1S/C16H23N3O2S/c1-3-22(20,21)18-13-4-5-16-14(10-13)15(11-19(16)2)12-6-8-17-9-7-12/h4-5,10-12,17-18H,3,6-9H2,1-2H3. The maximum absolute atomic E-state index is 11.8. The van der Waals surface area contributed by atoms with Crippen LogP contribution in [0, 0.1) is 0 Å². The molecule has 2 aromatic rings. The Labute approximate surface area is 131 Å². The third kappa shape index (κ3) is 2.98. The van der Waals surface area contributed by atoms with Crippen LogP contribution in [0.2, 0.25) is 0 Å². The summed E-state index contributed by atoms with van der Waals surface area (Å²) in [5.74, 6) is 0.629. The summed E-state index contributed by atoms with van der Waals surface area (Å²) in [7, 11) is -1.19. The highest BCUT2D eigenvalue weighted by atomic mass is 32.2. The number of fused-ring (bicyclic) bond motifs is 1. The normalized spacial score (nSPS) is 17.0. The zero-order valence-electron chi connectivity index (χ0n) is 13.1. The quantitative estimate of drug-likeness (QED) is 0.909. The highest BCUT2D eigenvalue weighted by Crippen LogP contribution is 2.34. The van der Waals surface area contributed by atoms with Crippen LogP contribution in [0.5, 0.6) is 0 Å². The lowest BCUT2D eigenvalue weighted by molar-refractivity contribution is 0.462. The second kappa shape index (κ2) is 5.93. The Hall–Kier alpha value is -1.53. The minimum Gasteiger partial charge on any atom is -0.350 e. The maximum Gasteiger partial charge on any atom is 0.232 e.